The molecule has 3 heterocycles. The summed E-state index contributed by atoms with van der Waals surface area (Å²) in [7, 11) is 0. The van der Waals surface area contributed by atoms with Gasteiger partial charge >= 0.3 is 0 Å². The molecule has 0 bridgehead atoms. The van der Waals surface area contributed by atoms with Gasteiger partial charge in [0, 0.05) is 19.0 Å². The van der Waals surface area contributed by atoms with Gasteiger partial charge in [-0.2, -0.15) is 4.98 Å². The van der Waals surface area contributed by atoms with Crippen LogP contribution in [0.15, 0.2) is 33.1 Å². The van der Waals surface area contributed by atoms with Gasteiger partial charge in [0.25, 0.3) is 5.91 Å². The molecule has 2 aromatic rings. The summed E-state index contributed by atoms with van der Waals surface area (Å²) in [6, 6.07) is 0. The zero-order valence-electron chi connectivity index (χ0n) is 15.3. The van der Waals surface area contributed by atoms with Crippen LogP contribution in [0.2, 0.25) is 0 Å². The van der Waals surface area contributed by atoms with Crippen molar-refractivity contribution in [1.29, 1.82) is 0 Å². The second kappa shape index (κ2) is 7.09. The molecule has 1 aliphatic heterocycles. The quantitative estimate of drug-likeness (QED) is 0.818. The van der Waals surface area contributed by atoms with Gasteiger partial charge in [-0.3, -0.25) is 4.79 Å². The molecule has 2 aromatic heterocycles. The fourth-order valence-corrected chi connectivity index (χ4v) is 3.66. The molecule has 27 heavy (non-hydrogen) atoms. The number of allylic oxidation sites excluding steroid dienone is 4. The van der Waals surface area contributed by atoms with Crippen LogP contribution < -0.4 is 0 Å². The number of piperidine rings is 1. The molecule has 2 aliphatic rings. The van der Waals surface area contributed by atoms with Crippen LogP contribution >= 0.6 is 0 Å². The number of halogens is 1. The second-order valence-corrected chi connectivity index (χ2v) is 7.07. The van der Waals surface area contributed by atoms with E-state index >= 15 is 0 Å². The third kappa shape index (κ3) is 3.43. The molecule has 142 valence electrons. The minimum Gasteiger partial charge on any atom is -0.361 e. The number of hydrogen-bond donors (Lipinski definition) is 0. The van der Waals surface area contributed by atoms with Gasteiger partial charge in [-0.15, -0.1) is 0 Å². The van der Waals surface area contributed by atoms with E-state index in [1.165, 1.54) is 12.2 Å². The lowest BCUT2D eigenvalue weighted by Gasteiger charge is -2.31. The molecule has 0 saturated carbocycles. The highest BCUT2D eigenvalue weighted by Gasteiger charge is 2.32. The minimum atomic E-state index is -0.240. The van der Waals surface area contributed by atoms with Gasteiger partial charge in [0.1, 0.15) is 17.2 Å². The summed E-state index contributed by atoms with van der Waals surface area (Å²) in [5.74, 6) is 1.21. The van der Waals surface area contributed by atoms with Crippen LogP contribution in [0, 0.1) is 13.8 Å². The number of hydrogen-bond acceptors (Lipinski definition) is 6. The molecule has 1 amide bonds. The van der Waals surface area contributed by atoms with Crippen molar-refractivity contribution in [3.05, 3.63) is 52.8 Å². The average molecular weight is 372 g/mol. The van der Waals surface area contributed by atoms with Crippen molar-refractivity contribution >= 4 is 5.91 Å². The maximum atomic E-state index is 13.1. The number of likely N-dealkylation sites (tertiary alicyclic amines) is 1. The lowest BCUT2D eigenvalue weighted by atomic mass is 9.96. The number of rotatable bonds is 3. The molecule has 0 spiro atoms. The number of nitrogens with zero attached hydrogens (tertiary/aromatic N) is 4. The van der Waals surface area contributed by atoms with Crippen LogP contribution in [0.25, 0.3) is 0 Å². The number of amides is 1. The smallest absolute Gasteiger partial charge is 0.259 e. The Hall–Kier alpha value is -2.77. The van der Waals surface area contributed by atoms with Gasteiger partial charge < -0.3 is 13.9 Å². The summed E-state index contributed by atoms with van der Waals surface area (Å²) in [4.78, 5) is 19.2. The van der Waals surface area contributed by atoms with E-state index in [0.717, 1.165) is 12.8 Å². The van der Waals surface area contributed by atoms with E-state index in [1.807, 2.05) is 0 Å². The highest BCUT2D eigenvalue weighted by molar-refractivity contribution is 5.96. The SMILES string of the molecule is Cc1noc(C)c1C(=O)N1CCC[C@H](c2nc(C3C=CC(F)=CC3)no2)C1. The zero-order chi connectivity index (χ0) is 19.0. The summed E-state index contributed by atoms with van der Waals surface area (Å²) in [6.45, 7) is 4.70. The highest BCUT2D eigenvalue weighted by Crippen LogP contribution is 2.30. The van der Waals surface area contributed by atoms with Gasteiger partial charge in [-0.25, -0.2) is 4.39 Å². The standard InChI is InChI=1S/C19H21FN4O3/c1-11-16(12(2)26-22-11)19(25)24-9-3-4-14(10-24)18-21-17(23-27-18)13-5-7-15(20)8-6-13/h5,7-8,13-14H,3-4,6,9-10H2,1-2H3/t13?,14-/m0/s1. The largest absolute Gasteiger partial charge is 0.361 e. The van der Waals surface area contributed by atoms with Crippen LogP contribution in [0.5, 0.6) is 0 Å². The molecule has 1 aliphatic carbocycles. The number of aryl methyl sites for hydroxylation is 2. The normalized spacial score (nSPS) is 22.8. The third-order valence-electron chi connectivity index (χ3n) is 5.15. The predicted octanol–water partition coefficient (Wildman–Crippen LogP) is 3.59. The highest BCUT2D eigenvalue weighted by atomic mass is 19.1. The first-order valence-electron chi connectivity index (χ1n) is 9.12. The average Bonchev–Trinajstić information content (AvgIpc) is 3.29. The maximum Gasteiger partial charge on any atom is 0.259 e. The van der Waals surface area contributed by atoms with Crippen LogP contribution in [0.4, 0.5) is 4.39 Å². The molecule has 2 atom stereocenters. The van der Waals surface area contributed by atoms with Crippen molar-refractivity contribution in [2.24, 2.45) is 0 Å². The first-order valence-corrected chi connectivity index (χ1v) is 9.12. The van der Waals surface area contributed by atoms with Crippen LogP contribution in [-0.4, -0.2) is 39.2 Å². The zero-order valence-corrected chi connectivity index (χ0v) is 15.3. The molecule has 1 unspecified atom stereocenters. The van der Waals surface area contributed by atoms with E-state index in [-0.39, 0.29) is 23.6 Å². The van der Waals surface area contributed by atoms with E-state index in [4.69, 9.17) is 9.05 Å². The molecule has 0 N–H and O–H groups in total. The van der Waals surface area contributed by atoms with Gasteiger partial charge in [0.15, 0.2) is 5.82 Å². The monoisotopic (exact) mass is 372 g/mol. The summed E-state index contributed by atoms with van der Waals surface area (Å²) < 4.78 is 23.7. The Morgan fingerprint density at radius 2 is 2.15 bits per heavy atom. The van der Waals surface area contributed by atoms with E-state index in [1.54, 1.807) is 24.8 Å². The van der Waals surface area contributed by atoms with Gasteiger partial charge in [-0.1, -0.05) is 16.4 Å². The van der Waals surface area contributed by atoms with Crippen molar-refractivity contribution in [3.63, 3.8) is 0 Å². The molecule has 0 radical (unpaired) electrons. The molecule has 7 nitrogen and oxygen atoms in total. The Bertz CT molecular complexity index is 894. The Balaban J connectivity index is 1.47. The lowest BCUT2D eigenvalue weighted by molar-refractivity contribution is 0.0693. The van der Waals surface area contributed by atoms with Crippen molar-refractivity contribution in [1.82, 2.24) is 20.2 Å². The predicted molar refractivity (Wildman–Crippen MR) is 93.8 cm³/mol. The molecule has 4 rings (SSSR count). The maximum absolute atomic E-state index is 13.1. The Kier molecular flexibility index (Phi) is 4.63. The molecule has 1 saturated heterocycles. The number of carbonyl (C=O) groups excluding carboxylic acids is 1. The van der Waals surface area contributed by atoms with Gasteiger partial charge in [-0.05, 0) is 45.3 Å². The van der Waals surface area contributed by atoms with Crippen molar-refractivity contribution in [2.45, 2.75) is 44.9 Å². The Morgan fingerprint density at radius 1 is 1.30 bits per heavy atom. The van der Waals surface area contributed by atoms with Gasteiger partial charge in [0.2, 0.25) is 5.89 Å². The molecule has 1 fully saturated rings. The van der Waals surface area contributed by atoms with Crippen LogP contribution in [0.3, 0.4) is 0 Å². The molecular formula is C19H21FN4O3. The lowest BCUT2D eigenvalue weighted by Crippen LogP contribution is -2.39. The van der Waals surface area contributed by atoms with Crippen molar-refractivity contribution in [2.75, 3.05) is 13.1 Å². The summed E-state index contributed by atoms with van der Waals surface area (Å²) in [6.07, 6.45) is 6.94. The van der Waals surface area contributed by atoms with Crippen molar-refractivity contribution in [3.8, 4) is 0 Å². The first-order chi connectivity index (χ1) is 13.0. The molecular weight excluding hydrogens is 351 g/mol. The van der Waals surface area contributed by atoms with E-state index in [0.29, 0.717) is 48.2 Å². The summed E-state index contributed by atoms with van der Waals surface area (Å²) >= 11 is 0. The fraction of sp³-hybridized carbons (Fsp3) is 0.474. The van der Waals surface area contributed by atoms with E-state index < -0.39 is 0 Å². The second-order valence-electron chi connectivity index (χ2n) is 7.07. The number of aromatic nitrogens is 3. The number of carbonyl (C=O) groups is 1. The van der Waals surface area contributed by atoms with Crippen LogP contribution in [0.1, 0.15) is 64.6 Å². The fourth-order valence-electron chi connectivity index (χ4n) is 3.66. The minimum absolute atomic E-state index is 0.00993. The molecule has 8 heteroatoms. The summed E-state index contributed by atoms with van der Waals surface area (Å²) in [5, 5.41) is 7.94. The van der Waals surface area contributed by atoms with Gasteiger partial charge in [0.05, 0.1) is 11.6 Å². The van der Waals surface area contributed by atoms with Crippen molar-refractivity contribution < 1.29 is 18.2 Å². The Labute approximate surface area is 155 Å². The first kappa shape index (κ1) is 17.6. The summed E-state index contributed by atoms with van der Waals surface area (Å²) in [5.41, 5.74) is 1.13. The topological polar surface area (TPSA) is 85.3 Å². The van der Waals surface area contributed by atoms with E-state index in [9.17, 15) is 9.18 Å². The van der Waals surface area contributed by atoms with E-state index in [2.05, 4.69) is 15.3 Å². The Morgan fingerprint density at radius 3 is 2.85 bits per heavy atom. The third-order valence-corrected chi connectivity index (χ3v) is 5.15. The molecule has 0 aromatic carbocycles. The van der Waals surface area contributed by atoms with Crippen LogP contribution in [-0.2, 0) is 0 Å².